The van der Waals surface area contributed by atoms with Crippen molar-refractivity contribution in [1.82, 2.24) is 5.32 Å². The van der Waals surface area contributed by atoms with E-state index in [1.807, 2.05) is 6.07 Å². The molecule has 0 fully saturated rings. The summed E-state index contributed by atoms with van der Waals surface area (Å²) >= 11 is 0. The fourth-order valence-corrected chi connectivity index (χ4v) is 2.46. The van der Waals surface area contributed by atoms with E-state index in [1.165, 1.54) is 22.8 Å². The van der Waals surface area contributed by atoms with Crippen LogP contribution in [0.4, 0.5) is 4.39 Å². The summed E-state index contributed by atoms with van der Waals surface area (Å²) in [6.45, 7) is 7.27. The molecule has 0 aliphatic carbocycles. The molecular formula is C18H22FN. The summed E-state index contributed by atoms with van der Waals surface area (Å²) in [5.41, 5.74) is 4.96. The van der Waals surface area contributed by atoms with E-state index in [9.17, 15) is 4.39 Å². The zero-order valence-electron chi connectivity index (χ0n) is 12.4. The number of aryl methyl sites for hydroxylation is 2. The van der Waals surface area contributed by atoms with Crippen LogP contribution in [0.25, 0.3) is 0 Å². The molecule has 1 N–H and O–H groups in total. The molecule has 0 amide bonds. The molecule has 2 rings (SSSR count). The van der Waals surface area contributed by atoms with Gasteiger partial charge in [-0.1, -0.05) is 35.9 Å². The third-order valence-corrected chi connectivity index (χ3v) is 3.65. The molecule has 0 saturated heterocycles. The van der Waals surface area contributed by atoms with E-state index in [0.29, 0.717) is 6.04 Å². The van der Waals surface area contributed by atoms with Crippen LogP contribution in [-0.4, -0.2) is 6.54 Å². The van der Waals surface area contributed by atoms with Gasteiger partial charge in [0.15, 0.2) is 0 Å². The summed E-state index contributed by atoms with van der Waals surface area (Å²) in [6.07, 6.45) is 0.840. The second-order valence-electron chi connectivity index (χ2n) is 5.42. The summed E-state index contributed by atoms with van der Waals surface area (Å²) in [5, 5.41) is 3.51. The lowest BCUT2D eigenvalue weighted by Gasteiger charge is -2.17. The number of hydrogen-bond acceptors (Lipinski definition) is 1. The van der Waals surface area contributed by atoms with Crippen LogP contribution in [0.1, 0.15) is 35.2 Å². The van der Waals surface area contributed by atoms with Crippen molar-refractivity contribution in [1.29, 1.82) is 0 Å². The third-order valence-electron chi connectivity index (χ3n) is 3.65. The van der Waals surface area contributed by atoms with Crippen LogP contribution in [0.5, 0.6) is 0 Å². The molecule has 2 aromatic rings. The predicted octanol–water partition coefficient (Wildman–Crippen LogP) is 4.34. The van der Waals surface area contributed by atoms with E-state index in [0.717, 1.165) is 18.5 Å². The molecule has 0 aliphatic rings. The molecule has 2 aromatic carbocycles. The van der Waals surface area contributed by atoms with Gasteiger partial charge in [0.25, 0.3) is 0 Å². The van der Waals surface area contributed by atoms with Crippen molar-refractivity contribution in [3.05, 3.63) is 70.5 Å². The zero-order chi connectivity index (χ0) is 14.5. The van der Waals surface area contributed by atoms with Gasteiger partial charge in [0.1, 0.15) is 5.82 Å². The highest BCUT2D eigenvalue weighted by Gasteiger charge is 2.07. The highest BCUT2D eigenvalue weighted by molar-refractivity contribution is 5.32. The number of rotatable bonds is 5. The average Bonchev–Trinajstić information content (AvgIpc) is 2.41. The fraction of sp³-hybridized carbons (Fsp3) is 0.333. The Balaban J connectivity index is 1.92. The molecule has 0 bridgehead atoms. The highest BCUT2D eigenvalue weighted by Crippen LogP contribution is 2.18. The van der Waals surface area contributed by atoms with E-state index in [4.69, 9.17) is 0 Å². The minimum absolute atomic E-state index is 0.162. The maximum Gasteiger partial charge on any atom is 0.123 e. The first kappa shape index (κ1) is 14.7. The van der Waals surface area contributed by atoms with E-state index in [1.54, 1.807) is 12.1 Å². The van der Waals surface area contributed by atoms with Crippen molar-refractivity contribution >= 4 is 0 Å². The Morgan fingerprint density at radius 1 is 1.10 bits per heavy atom. The SMILES string of the molecule is Cc1ccc(C)c(C(C)NCCc2cccc(F)c2)c1. The fourth-order valence-electron chi connectivity index (χ4n) is 2.46. The van der Waals surface area contributed by atoms with Gasteiger partial charge in [0.2, 0.25) is 0 Å². The number of hydrogen-bond donors (Lipinski definition) is 1. The van der Waals surface area contributed by atoms with Crippen LogP contribution < -0.4 is 5.32 Å². The van der Waals surface area contributed by atoms with E-state index in [-0.39, 0.29) is 5.82 Å². The lowest BCUT2D eigenvalue weighted by molar-refractivity contribution is 0.572. The minimum atomic E-state index is -0.162. The second kappa shape index (κ2) is 6.67. The van der Waals surface area contributed by atoms with Crippen LogP contribution in [0.15, 0.2) is 42.5 Å². The predicted molar refractivity (Wildman–Crippen MR) is 82.4 cm³/mol. The summed E-state index contributed by atoms with van der Waals surface area (Å²) in [6, 6.07) is 13.7. The summed E-state index contributed by atoms with van der Waals surface area (Å²) in [4.78, 5) is 0. The Kier molecular flexibility index (Phi) is 4.91. The van der Waals surface area contributed by atoms with E-state index < -0.39 is 0 Å². The van der Waals surface area contributed by atoms with Crippen molar-refractivity contribution < 1.29 is 4.39 Å². The molecule has 1 unspecified atom stereocenters. The van der Waals surface area contributed by atoms with Crippen LogP contribution in [0.2, 0.25) is 0 Å². The molecule has 1 atom stereocenters. The quantitative estimate of drug-likeness (QED) is 0.853. The average molecular weight is 271 g/mol. The Morgan fingerprint density at radius 3 is 2.65 bits per heavy atom. The first-order valence-corrected chi connectivity index (χ1v) is 7.11. The van der Waals surface area contributed by atoms with Crippen molar-refractivity contribution in [2.24, 2.45) is 0 Å². The van der Waals surface area contributed by atoms with Crippen molar-refractivity contribution in [3.63, 3.8) is 0 Å². The van der Waals surface area contributed by atoms with Crippen LogP contribution in [0.3, 0.4) is 0 Å². The monoisotopic (exact) mass is 271 g/mol. The molecule has 0 saturated carbocycles. The van der Waals surface area contributed by atoms with Gasteiger partial charge in [-0.2, -0.15) is 0 Å². The van der Waals surface area contributed by atoms with Crippen molar-refractivity contribution in [2.75, 3.05) is 6.54 Å². The molecule has 0 spiro atoms. The summed E-state index contributed by atoms with van der Waals surface area (Å²) < 4.78 is 13.1. The van der Waals surface area contributed by atoms with E-state index in [2.05, 4.69) is 44.3 Å². The van der Waals surface area contributed by atoms with E-state index >= 15 is 0 Å². The number of halogens is 1. The first-order chi connectivity index (χ1) is 9.56. The minimum Gasteiger partial charge on any atom is -0.310 e. The van der Waals surface area contributed by atoms with Gasteiger partial charge in [-0.3, -0.25) is 0 Å². The van der Waals surface area contributed by atoms with Gasteiger partial charge in [-0.15, -0.1) is 0 Å². The van der Waals surface area contributed by atoms with Gasteiger partial charge >= 0.3 is 0 Å². The first-order valence-electron chi connectivity index (χ1n) is 7.11. The number of nitrogens with one attached hydrogen (secondary N) is 1. The lowest BCUT2D eigenvalue weighted by Crippen LogP contribution is -2.22. The maximum atomic E-state index is 13.1. The summed E-state index contributed by atoms with van der Waals surface area (Å²) in [5.74, 6) is -0.162. The number of benzene rings is 2. The standard InChI is InChI=1S/C18H22FN/c1-13-7-8-14(2)18(11-13)15(3)20-10-9-16-5-4-6-17(19)12-16/h4-8,11-12,15,20H,9-10H2,1-3H3. The smallest absolute Gasteiger partial charge is 0.123 e. The molecule has 2 heteroatoms. The molecule has 1 nitrogen and oxygen atoms in total. The molecule has 20 heavy (non-hydrogen) atoms. The molecule has 0 aromatic heterocycles. The Morgan fingerprint density at radius 2 is 1.90 bits per heavy atom. The normalized spacial score (nSPS) is 12.4. The topological polar surface area (TPSA) is 12.0 Å². The van der Waals surface area contributed by atoms with Gasteiger partial charge in [-0.25, -0.2) is 4.39 Å². The molecule has 0 aliphatic heterocycles. The Hall–Kier alpha value is -1.67. The van der Waals surface area contributed by atoms with Crippen LogP contribution in [-0.2, 0) is 6.42 Å². The largest absolute Gasteiger partial charge is 0.310 e. The zero-order valence-corrected chi connectivity index (χ0v) is 12.4. The third kappa shape index (κ3) is 3.91. The lowest BCUT2D eigenvalue weighted by atomic mass is 10.00. The van der Waals surface area contributed by atoms with Crippen molar-refractivity contribution in [2.45, 2.75) is 33.2 Å². The molecule has 0 radical (unpaired) electrons. The summed E-state index contributed by atoms with van der Waals surface area (Å²) in [7, 11) is 0. The van der Waals surface area contributed by atoms with Crippen molar-refractivity contribution in [3.8, 4) is 0 Å². The van der Waals surface area contributed by atoms with Gasteiger partial charge in [0, 0.05) is 6.04 Å². The van der Waals surface area contributed by atoms with Gasteiger partial charge in [0.05, 0.1) is 0 Å². The Labute approximate surface area is 120 Å². The van der Waals surface area contributed by atoms with Gasteiger partial charge < -0.3 is 5.32 Å². The Bertz CT molecular complexity index is 577. The van der Waals surface area contributed by atoms with Crippen LogP contribution >= 0.6 is 0 Å². The molecular weight excluding hydrogens is 249 g/mol. The maximum absolute atomic E-state index is 13.1. The second-order valence-corrected chi connectivity index (χ2v) is 5.42. The highest BCUT2D eigenvalue weighted by atomic mass is 19.1. The van der Waals surface area contributed by atoms with Gasteiger partial charge in [-0.05, 0) is 62.6 Å². The molecule has 106 valence electrons. The van der Waals surface area contributed by atoms with Crippen LogP contribution in [0, 0.1) is 19.7 Å². The molecule has 0 heterocycles.